The number of nitrogens with one attached hydrogen (secondary N) is 1. The fourth-order valence-corrected chi connectivity index (χ4v) is 1.40. The summed E-state index contributed by atoms with van der Waals surface area (Å²) in [7, 11) is 1.60. The van der Waals surface area contributed by atoms with Crippen molar-refractivity contribution in [3.63, 3.8) is 0 Å². The van der Waals surface area contributed by atoms with E-state index in [2.05, 4.69) is 5.32 Å². The molecule has 0 aromatic heterocycles. The largest absolute Gasteiger partial charge is 0.392 e. The van der Waals surface area contributed by atoms with Gasteiger partial charge in [0.25, 0.3) is 0 Å². The maximum absolute atomic E-state index is 11.9. The average molecular weight is 232 g/mol. The van der Waals surface area contributed by atoms with Gasteiger partial charge in [0, 0.05) is 19.7 Å². The van der Waals surface area contributed by atoms with Gasteiger partial charge in [-0.3, -0.25) is 0 Å². The number of hydrogen-bond acceptors (Lipinski definition) is 3. The summed E-state index contributed by atoms with van der Waals surface area (Å²) < 4.78 is 4.94. The van der Waals surface area contributed by atoms with Crippen molar-refractivity contribution < 1.29 is 14.6 Å². The van der Waals surface area contributed by atoms with Gasteiger partial charge >= 0.3 is 6.03 Å². The van der Waals surface area contributed by atoms with E-state index in [4.69, 9.17) is 4.74 Å². The zero-order valence-electron chi connectivity index (χ0n) is 10.9. The highest BCUT2D eigenvalue weighted by atomic mass is 16.5. The topological polar surface area (TPSA) is 61.8 Å². The summed E-state index contributed by atoms with van der Waals surface area (Å²) in [6, 6.07) is -0.141. The van der Waals surface area contributed by atoms with Crippen molar-refractivity contribution >= 4 is 6.03 Å². The number of aliphatic hydroxyl groups is 1. The molecule has 0 heterocycles. The summed E-state index contributed by atoms with van der Waals surface area (Å²) >= 11 is 0. The summed E-state index contributed by atoms with van der Waals surface area (Å²) in [6.07, 6.45) is -0.522. The van der Waals surface area contributed by atoms with Gasteiger partial charge in [-0.2, -0.15) is 0 Å². The molecule has 0 aromatic rings. The van der Waals surface area contributed by atoms with Crippen molar-refractivity contribution in [3.05, 3.63) is 0 Å². The standard InChI is InChI=1S/C11H24N2O3/c1-8(2)13(6-10(4)14)11(15)12-9(3)7-16-5/h8-10,14H,6-7H2,1-5H3,(H,12,15). The van der Waals surface area contributed by atoms with E-state index in [1.165, 1.54) is 0 Å². The van der Waals surface area contributed by atoms with Gasteiger partial charge in [-0.15, -0.1) is 0 Å². The van der Waals surface area contributed by atoms with Crippen LogP contribution in [0.1, 0.15) is 27.7 Å². The zero-order valence-corrected chi connectivity index (χ0v) is 10.9. The van der Waals surface area contributed by atoms with Crippen molar-refractivity contribution in [2.24, 2.45) is 0 Å². The molecule has 2 N–H and O–H groups in total. The summed E-state index contributed by atoms with van der Waals surface area (Å²) in [4.78, 5) is 13.5. The van der Waals surface area contributed by atoms with Gasteiger partial charge in [-0.1, -0.05) is 0 Å². The van der Waals surface area contributed by atoms with Gasteiger partial charge in [0.15, 0.2) is 0 Å². The minimum Gasteiger partial charge on any atom is -0.392 e. The fraction of sp³-hybridized carbons (Fsp3) is 0.909. The number of carbonyl (C=O) groups excluding carboxylic acids is 1. The highest BCUT2D eigenvalue weighted by Crippen LogP contribution is 2.01. The number of aliphatic hydroxyl groups excluding tert-OH is 1. The Morgan fingerprint density at radius 2 is 1.94 bits per heavy atom. The van der Waals surface area contributed by atoms with Crippen LogP contribution in [0, 0.1) is 0 Å². The Balaban J connectivity index is 4.27. The zero-order chi connectivity index (χ0) is 12.7. The van der Waals surface area contributed by atoms with Crippen molar-refractivity contribution in [1.82, 2.24) is 10.2 Å². The molecule has 0 bridgehead atoms. The van der Waals surface area contributed by atoms with Crippen LogP contribution in [0.2, 0.25) is 0 Å². The second-order valence-corrected chi connectivity index (χ2v) is 4.40. The lowest BCUT2D eigenvalue weighted by Gasteiger charge is -2.29. The normalized spacial score (nSPS) is 14.7. The Morgan fingerprint density at radius 1 is 1.38 bits per heavy atom. The number of ether oxygens (including phenoxy) is 1. The minimum absolute atomic E-state index is 0.0345. The summed E-state index contributed by atoms with van der Waals surface area (Å²) in [5, 5.41) is 12.1. The number of urea groups is 1. The molecule has 2 unspecified atom stereocenters. The third-order valence-corrected chi connectivity index (χ3v) is 2.13. The number of carbonyl (C=O) groups is 1. The monoisotopic (exact) mass is 232 g/mol. The Bertz CT molecular complexity index is 207. The third kappa shape index (κ3) is 5.92. The summed E-state index contributed by atoms with van der Waals surface area (Å²) in [5.74, 6) is 0. The molecule has 0 saturated heterocycles. The Morgan fingerprint density at radius 3 is 2.31 bits per heavy atom. The van der Waals surface area contributed by atoms with E-state index in [0.29, 0.717) is 13.2 Å². The van der Waals surface area contributed by atoms with Crippen LogP contribution < -0.4 is 5.32 Å². The maximum Gasteiger partial charge on any atom is 0.318 e. The number of nitrogens with zero attached hydrogens (tertiary/aromatic N) is 1. The van der Waals surface area contributed by atoms with E-state index in [0.717, 1.165) is 0 Å². The molecule has 0 saturated carbocycles. The predicted octanol–water partition coefficient (Wildman–Crippen LogP) is 0.822. The third-order valence-electron chi connectivity index (χ3n) is 2.13. The smallest absolute Gasteiger partial charge is 0.318 e. The van der Waals surface area contributed by atoms with Crippen LogP contribution in [0.15, 0.2) is 0 Å². The molecule has 0 fully saturated rings. The van der Waals surface area contributed by atoms with Crippen LogP contribution in [0.5, 0.6) is 0 Å². The lowest BCUT2D eigenvalue weighted by atomic mass is 10.3. The molecule has 96 valence electrons. The quantitative estimate of drug-likeness (QED) is 0.713. The van der Waals surface area contributed by atoms with Crippen LogP contribution >= 0.6 is 0 Å². The summed E-state index contributed by atoms with van der Waals surface area (Å²) in [5.41, 5.74) is 0. The van der Waals surface area contributed by atoms with Crippen LogP contribution in [0.4, 0.5) is 4.79 Å². The van der Waals surface area contributed by atoms with E-state index < -0.39 is 6.10 Å². The molecule has 0 spiro atoms. The molecule has 16 heavy (non-hydrogen) atoms. The van der Waals surface area contributed by atoms with E-state index in [1.54, 1.807) is 18.9 Å². The first-order chi connectivity index (χ1) is 7.38. The van der Waals surface area contributed by atoms with Crippen molar-refractivity contribution in [2.75, 3.05) is 20.3 Å². The number of rotatable bonds is 6. The van der Waals surface area contributed by atoms with Gasteiger partial charge in [-0.05, 0) is 27.7 Å². The minimum atomic E-state index is -0.522. The van der Waals surface area contributed by atoms with Gasteiger partial charge in [0.1, 0.15) is 0 Å². The van der Waals surface area contributed by atoms with Gasteiger partial charge in [-0.25, -0.2) is 4.79 Å². The number of hydrogen-bond donors (Lipinski definition) is 2. The molecule has 2 amide bonds. The fourth-order valence-electron chi connectivity index (χ4n) is 1.40. The molecular weight excluding hydrogens is 208 g/mol. The van der Waals surface area contributed by atoms with Gasteiger partial charge in [0.05, 0.1) is 18.8 Å². The van der Waals surface area contributed by atoms with Crippen LogP contribution in [0.25, 0.3) is 0 Å². The molecule has 0 aromatic carbocycles. The number of methoxy groups -OCH3 is 1. The first-order valence-electron chi connectivity index (χ1n) is 5.62. The molecule has 0 rings (SSSR count). The van der Waals surface area contributed by atoms with Gasteiger partial charge < -0.3 is 20.1 Å². The maximum atomic E-state index is 11.9. The molecule has 0 aliphatic carbocycles. The highest BCUT2D eigenvalue weighted by Gasteiger charge is 2.19. The lowest BCUT2D eigenvalue weighted by Crippen LogP contribution is -2.50. The van der Waals surface area contributed by atoms with Crippen LogP contribution in [-0.2, 0) is 4.74 Å². The first-order valence-corrected chi connectivity index (χ1v) is 5.62. The van der Waals surface area contributed by atoms with E-state index in [-0.39, 0.29) is 18.1 Å². The lowest BCUT2D eigenvalue weighted by molar-refractivity contribution is 0.113. The first kappa shape index (κ1) is 15.2. The Labute approximate surface area is 97.8 Å². The van der Waals surface area contributed by atoms with E-state index >= 15 is 0 Å². The molecular formula is C11H24N2O3. The van der Waals surface area contributed by atoms with E-state index in [9.17, 15) is 9.90 Å². The average Bonchev–Trinajstić information content (AvgIpc) is 2.13. The molecule has 2 atom stereocenters. The summed E-state index contributed by atoms with van der Waals surface area (Å²) in [6.45, 7) is 8.20. The van der Waals surface area contributed by atoms with Crippen molar-refractivity contribution in [2.45, 2.75) is 45.9 Å². The second kappa shape index (κ2) is 7.46. The number of amides is 2. The second-order valence-electron chi connectivity index (χ2n) is 4.40. The Hall–Kier alpha value is -0.810. The van der Waals surface area contributed by atoms with Crippen LogP contribution in [0.3, 0.4) is 0 Å². The molecule has 0 aliphatic heterocycles. The molecule has 0 radical (unpaired) electrons. The molecule has 5 heteroatoms. The van der Waals surface area contributed by atoms with E-state index in [1.807, 2.05) is 20.8 Å². The Kier molecular flexibility index (Phi) is 7.08. The van der Waals surface area contributed by atoms with Crippen molar-refractivity contribution in [3.8, 4) is 0 Å². The van der Waals surface area contributed by atoms with Crippen molar-refractivity contribution in [1.29, 1.82) is 0 Å². The van der Waals surface area contributed by atoms with Gasteiger partial charge in [0.2, 0.25) is 0 Å². The van der Waals surface area contributed by atoms with Crippen LogP contribution in [-0.4, -0.2) is 54.5 Å². The highest BCUT2D eigenvalue weighted by molar-refractivity contribution is 5.74. The molecule has 5 nitrogen and oxygen atoms in total. The molecule has 0 aliphatic rings. The SMILES string of the molecule is COCC(C)NC(=O)N(CC(C)O)C(C)C. The predicted molar refractivity (Wildman–Crippen MR) is 63.4 cm³/mol.